The van der Waals surface area contributed by atoms with Gasteiger partial charge in [0.2, 0.25) is 0 Å². The minimum Gasteiger partial charge on any atom is -0.393 e. The van der Waals surface area contributed by atoms with Crippen molar-refractivity contribution in [3.8, 4) is 0 Å². The molecule has 13 heavy (non-hydrogen) atoms. The standard InChI is InChI=1S/C8H15N3O2/c1-8(13,6-12)5-9-4-7-10-2-3-11-7/h2-3,9,12-13H,4-6H2,1H3,(H,10,11). The van der Waals surface area contributed by atoms with E-state index < -0.39 is 5.60 Å². The first-order valence-corrected chi connectivity index (χ1v) is 4.16. The van der Waals surface area contributed by atoms with E-state index in [1.165, 1.54) is 0 Å². The number of imidazole rings is 1. The molecule has 0 aliphatic carbocycles. The molecule has 5 heteroatoms. The number of H-pyrrole nitrogens is 1. The molecule has 0 amide bonds. The molecule has 1 heterocycles. The molecule has 0 aliphatic rings. The quantitative estimate of drug-likeness (QED) is 0.486. The Morgan fingerprint density at radius 2 is 2.46 bits per heavy atom. The topological polar surface area (TPSA) is 81.2 Å². The van der Waals surface area contributed by atoms with Crippen molar-refractivity contribution < 1.29 is 10.2 Å². The lowest BCUT2D eigenvalue weighted by Gasteiger charge is -2.20. The average molecular weight is 185 g/mol. The number of nitrogens with one attached hydrogen (secondary N) is 2. The lowest BCUT2D eigenvalue weighted by molar-refractivity contribution is 0.00244. The summed E-state index contributed by atoms with van der Waals surface area (Å²) >= 11 is 0. The van der Waals surface area contributed by atoms with Crippen LogP contribution in [0.4, 0.5) is 0 Å². The van der Waals surface area contributed by atoms with Crippen LogP contribution < -0.4 is 5.32 Å². The fourth-order valence-corrected chi connectivity index (χ4v) is 0.901. The van der Waals surface area contributed by atoms with Crippen LogP contribution in [0.15, 0.2) is 12.4 Å². The van der Waals surface area contributed by atoms with E-state index in [0.29, 0.717) is 13.1 Å². The molecule has 1 atom stereocenters. The van der Waals surface area contributed by atoms with E-state index in [4.69, 9.17) is 5.11 Å². The Balaban J connectivity index is 2.21. The van der Waals surface area contributed by atoms with E-state index in [0.717, 1.165) is 5.82 Å². The zero-order valence-corrected chi connectivity index (χ0v) is 7.62. The number of hydrogen-bond donors (Lipinski definition) is 4. The Morgan fingerprint density at radius 3 is 3.00 bits per heavy atom. The molecule has 0 radical (unpaired) electrons. The van der Waals surface area contributed by atoms with Crippen LogP contribution in [0, 0.1) is 0 Å². The van der Waals surface area contributed by atoms with Gasteiger partial charge >= 0.3 is 0 Å². The van der Waals surface area contributed by atoms with Crippen LogP contribution in [-0.2, 0) is 6.54 Å². The molecule has 0 bridgehead atoms. The van der Waals surface area contributed by atoms with E-state index >= 15 is 0 Å². The number of hydrogen-bond acceptors (Lipinski definition) is 4. The number of nitrogens with zero attached hydrogens (tertiary/aromatic N) is 1. The van der Waals surface area contributed by atoms with Crippen molar-refractivity contribution in [3.63, 3.8) is 0 Å². The molecule has 1 unspecified atom stereocenters. The molecule has 0 aliphatic heterocycles. The van der Waals surface area contributed by atoms with Gasteiger partial charge in [-0.05, 0) is 6.92 Å². The van der Waals surface area contributed by atoms with Gasteiger partial charge < -0.3 is 20.5 Å². The number of aliphatic hydroxyl groups excluding tert-OH is 1. The van der Waals surface area contributed by atoms with Crippen molar-refractivity contribution in [2.45, 2.75) is 19.1 Å². The van der Waals surface area contributed by atoms with Gasteiger partial charge in [0.1, 0.15) is 5.82 Å². The maximum Gasteiger partial charge on any atom is 0.120 e. The Hall–Kier alpha value is -0.910. The van der Waals surface area contributed by atoms with Crippen molar-refractivity contribution in [2.75, 3.05) is 13.2 Å². The summed E-state index contributed by atoms with van der Waals surface area (Å²) < 4.78 is 0. The Bertz CT molecular complexity index is 234. The molecule has 74 valence electrons. The fourth-order valence-electron chi connectivity index (χ4n) is 0.901. The third-order valence-electron chi connectivity index (χ3n) is 1.69. The zero-order chi connectivity index (χ0) is 9.73. The molecular weight excluding hydrogens is 170 g/mol. The SMILES string of the molecule is CC(O)(CO)CNCc1ncc[nH]1. The van der Waals surface area contributed by atoms with Crippen LogP contribution in [0.5, 0.6) is 0 Å². The lowest BCUT2D eigenvalue weighted by atomic mass is 10.1. The summed E-state index contributed by atoms with van der Waals surface area (Å²) in [6.45, 7) is 2.22. The molecule has 0 fully saturated rings. The molecule has 0 saturated heterocycles. The number of aromatic amines is 1. The molecule has 0 spiro atoms. The van der Waals surface area contributed by atoms with E-state index in [1.54, 1.807) is 19.3 Å². The Labute approximate surface area is 76.8 Å². The van der Waals surface area contributed by atoms with Gasteiger partial charge in [0.05, 0.1) is 18.8 Å². The van der Waals surface area contributed by atoms with Crippen LogP contribution in [0.2, 0.25) is 0 Å². The Morgan fingerprint density at radius 1 is 1.69 bits per heavy atom. The molecular formula is C8H15N3O2. The van der Waals surface area contributed by atoms with Crippen molar-refractivity contribution in [1.82, 2.24) is 15.3 Å². The summed E-state index contributed by atoms with van der Waals surface area (Å²) in [4.78, 5) is 6.92. The van der Waals surface area contributed by atoms with E-state index in [-0.39, 0.29) is 6.61 Å². The summed E-state index contributed by atoms with van der Waals surface area (Å²) in [5.74, 6) is 0.814. The summed E-state index contributed by atoms with van der Waals surface area (Å²) in [7, 11) is 0. The van der Waals surface area contributed by atoms with Gasteiger partial charge in [0.15, 0.2) is 0 Å². The number of rotatable bonds is 5. The molecule has 0 saturated carbocycles. The van der Waals surface area contributed by atoms with Crippen LogP contribution in [0.1, 0.15) is 12.7 Å². The second kappa shape index (κ2) is 4.36. The van der Waals surface area contributed by atoms with Gasteiger partial charge in [-0.2, -0.15) is 0 Å². The first-order chi connectivity index (χ1) is 6.14. The van der Waals surface area contributed by atoms with Gasteiger partial charge in [-0.1, -0.05) is 0 Å². The highest BCUT2D eigenvalue weighted by Crippen LogP contribution is 1.98. The summed E-state index contributed by atoms with van der Waals surface area (Å²) in [6.07, 6.45) is 3.41. The first kappa shape index (κ1) is 10.2. The highest BCUT2D eigenvalue weighted by atomic mass is 16.3. The van der Waals surface area contributed by atoms with Gasteiger partial charge in [0.25, 0.3) is 0 Å². The normalized spacial score (nSPS) is 15.6. The predicted octanol–water partition coefficient (Wildman–Crippen LogP) is -0.757. The molecule has 4 N–H and O–H groups in total. The monoisotopic (exact) mass is 185 g/mol. The van der Waals surface area contributed by atoms with Gasteiger partial charge in [-0.15, -0.1) is 0 Å². The number of aliphatic hydroxyl groups is 2. The van der Waals surface area contributed by atoms with Crippen LogP contribution in [0.3, 0.4) is 0 Å². The van der Waals surface area contributed by atoms with Crippen molar-refractivity contribution in [1.29, 1.82) is 0 Å². The second-order valence-electron chi connectivity index (χ2n) is 3.29. The summed E-state index contributed by atoms with van der Waals surface area (Å²) in [5.41, 5.74) is -1.06. The van der Waals surface area contributed by atoms with Crippen LogP contribution >= 0.6 is 0 Å². The second-order valence-corrected chi connectivity index (χ2v) is 3.29. The van der Waals surface area contributed by atoms with E-state index in [2.05, 4.69) is 15.3 Å². The van der Waals surface area contributed by atoms with Gasteiger partial charge in [-0.25, -0.2) is 4.98 Å². The summed E-state index contributed by atoms with van der Waals surface area (Å²) in [5, 5.41) is 21.1. The van der Waals surface area contributed by atoms with Crippen molar-refractivity contribution in [2.24, 2.45) is 0 Å². The highest BCUT2D eigenvalue weighted by molar-refractivity contribution is 4.86. The minimum atomic E-state index is -1.06. The van der Waals surface area contributed by atoms with Gasteiger partial charge in [-0.3, -0.25) is 0 Å². The van der Waals surface area contributed by atoms with Gasteiger partial charge in [0, 0.05) is 18.9 Å². The first-order valence-electron chi connectivity index (χ1n) is 4.16. The Kier molecular flexibility index (Phi) is 3.41. The summed E-state index contributed by atoms with van der Waals surface area (Å²) in [6, 6.07) is 0. The van der Waals surface area contributed by atoms with Crippen molar-refractivity contribution >= 4 is 0 Å². The molecule has 1 rings (SSSR count). The molecule has 5 nitrogen and oxygen atoms in total. The zero-order valence-electron chi connectivity index (χ0n) is 7.62. The fraction of sp³-hybridized carbons (Fsp3) is 0.625. The van der Waals surface area contributed by atoms with Crippen LogP contribution in [0.25, 0.3) is 0 Å². The maximum absolute atomic E-state index is 9.41. The van der Waals surface area contributed by atoms with E-state index in [1.807, 2.05) is 0 Å². The molecule has 1 aromatic rings. The molecule has 1 aromatic heterocycles. The molecule has 0 aromatic carbocycles. The minimum absolute atomic E-state index is 0.252. The highest BCUT2D eigenvalue weighted by Gasteiger charge is 2.17. The van der Waals surface area contributed by atoms with Crippen molar-refractivity contribution in [3.05, 3.63) is 18.2 Å². The van der Waals surface area contributed by atoms with Crippen LogP contribution in [-0.4, -0.2) is 38.9 Å². The third-order valence-corrected chi connectivity index (χ3v) is 1.69. The smallest absolute Gasteiger partial charge is 0.120 e. The predicted molar refractivity (Wildman–Crippen MR) is 48.0 cm³/mol. The average Bonchev–Trinajstić information content (AvgIpc) is 2.57. The third kappa shape index (κ3) is 3.54. The number of aromatic nitrogens is 2. The largest absolute Gasteiger partial charge is 0.393 e. The maximum atomic E-state index is 9.41. The lowest BCUT2D eigenvalue weighted by Crippen LogP contribution is -2.40. The van der Waals surface area contributed by atoms with E-state index in [9.17, 15) is 5.11 Å².